The molecule has 21 heavy (non-hydrogen) atoms. The molecule has 0 saturated carbocycles. The van der Waals surface area contributed by atoms with Gasteiger partial charge in [-0.15, -0.1) is 13.2 Å². The second-order valence-corrected chi connectivity index (χ2v) is 5.47. The van der Waals surface area contributed by atoms with Crippen LogP contribution in [0.3, 0.4) is 0 Å². The number of alkyl halides is 3. The molecule has 112 valence electrons. The summed E-state index contributed by atoms with van der Waals surface area (Å²) in [7, 11) is 0. The number of nitrogens with two attached hydrogens (primary N) is 1. The number of hydrogen-bond acceptors (Lipinski definition) is 2. The summed E-state index contributed by atoms with van der Waals surface area (Å²) in [5, 5.41) is 0. The lowest BCUT2D eigenvalue weighted by atomic mass is 10.00. The highest BCUT2D eigenvalue weighted by Gasteiger charge is 2.31. The molecule has 0 fully saturated rings. The van der Waals surface area contributed by atoms with E-state index in [-0.39, 0.29) is 5.75 Å². The number of ether oxygens (including phenoxy) is 1. The summed E-state index contributed by atoms with van der Waals surface area (Å²) in [6.45, 7) is 0. The highest BCUT2D eigenvalue weighted by atomic mass is 79.9. The van der Waals surface area contributed by atoms with Crippen molar-refractivity contribution in [1.82, 2.24) is 0 Å². The molecule has 0 amide bonds. The van der Waals surface area contributed by atoms with Gasteiger partial charge in [0.15, 0.2) is 0 Å². The Bertz CT molecular complexity index is 599. The Morgan fingerprint density at radius 2 is 1.76 bits per heavy atom. The molecular formula is C15H13BrF3NO. The van der Waals surface area contributed by atoms with Crippen molar-refractivity contribution in [3.8, 4) is 5.75 Å². The van der Waals surface area contributed by atoms with E-state index in [9.17, 15) is 13.2 Å². The van der Waals surface area contributed by atoms with Gasteiger partial charge < -0.3 is 10.5 Å². The molecule has 2 aromatic carbocycles. The lowest BCUT2D eigenvalue weighted by Crippen LogP contribution is -2.18. The zero-order valence-corrected chi connectivity index (χ0v) is 12.5. The van der Waals surface area contributed by atoms with Gasteiger partial charge in [0.25, 0.3) is 0 Å². The molecule has 0 aliphatic rings. The van der Waals surface area contributed by atoms with Crippen molar-refractivity contribution in [2.75, 3.05) is 0 Å². The van der Waals surface area contributed by atoms with Gasteiger partial charge in [-0.1, -0.05) is 40.2 Å². The lowest BCUT2D eigenvalue weighted by molar-refractivity contribution is -0.274. The van der Waals surface area contributed by atoms with E-state index in [0.29, 0.717) is 12.0 Å². The second kappa shape index (κ2) is 6.49. The first-order valence-corrected chi connectivity index (χ1v) is 6.98. The van der Waals surface area contributed by atoms with Gasteiger partial charge in [-0.25, -0.2) is 0 Å². The number of rotatable bonds is 4. The summed E-state index contributed by atoms with van der Waals surface area (Å²) in [6, 6.07) is 13.0. The molecule has 0 bridgehead atoms. The average Bonchev–Trinajstić information content (AvgIpc) is 2.40. The van der Waals surface area contributed by atoms with Gasteiger partial charge in [-0.05, 0) is 41.8 Å². The zero-order chi connectivity index (χ0) is 15.5. The van der Waals surface area contributed by atoms with Gasteiger partial charge in [0.05, 0.1) is 0 Å². The molecule has 0 aliphatic carbocycles. The number of hydrogen-bond donors (Lipinski definition) is 1. The lowest BCUT2D eigenvalue weighted by Gasteiger charge is -2.15. The highest BCUT2D eigenvalue weighted by molar-refractivity contribution is 9.10. The fourth-order valence-corrected chi connectivity index (χ4v) is 2.20. The van der Waals surface area contributed by atoms with Crippen molar-refractivity contribution in [1.29, 1.82) is 0 Å². The summed E-state index contributed by atoms with van der Waals surface area (Å²) < 4.78 is 41.5. The molecule has 2 aromatic rings. The zero-order valence-electron chi connectivity index (χ0n) is 10.9. The van der Waals surface area contributed by atoms with Gasteiger partial charge >= 0.3 is 6.36 Å². The van der Waals surface area contributed by atoms with Crippen LogP contribution in [0.4, 0.5) is 13.2 Å². The fraction of sp³-hybridized carbons (Fsp3) is 0.200. The van der Waals surface area contributed by atoms with E-state index in [1.165, 1.54) is 18.2 Å². The summed E-state index contributed by atoms with van der Waals surface area (Å²) in [4.78, 5) is 0. The van der Waals surface area contributed by atoms with Gasteiger partial charge in [0, 0.05) is 10.5 Å². The molecule has 0 heterocycles. The van der Waals surface area contributed by atoms with Crippen LogP contribution in [0.2, 0.25) is 0 Å². The van der Waals surface area contributed by atoms with Crippen LogP contribution in [0.1, 0.15) is 17.2 Å². The molecule has 0 saturated heterocycles. The quantitative estimate of drug-likeness (QED) is 0.866. The smallest absolute Gasteiger partial charge is 0.406 e. The van der Waals surface area contributed by atoms with Gasteiger partial charge in [-0.2, -0.15) is 0 Å². The van der Waals surface area contributed by atoms with E-state index in [0.717, 1.165) is 10.0 Å². The summed E-state index contributed by atoms with van der Waals surface area (Å²) in [5.41, 5.74) is 7.65. The van der Waals surface area contributed by atoms with Crippen LogP contribution in [0.5, 0.6) is 5.75 Å². The Morgan fingerprint density at radius 3 is 2.38 bits per heavy atom. The maximum Gasteiger partial charge on any atom is 0.573 e. The summed E-state index contributed by atoms with van der Waals surface area (Å²) in [6.07, 6.45) is -4.17. The van der Waals surface area contributed by atoms with E-state index in [1.807, 2.05) is 24.3 Å². The Balaban J connectivity index is 2.10. The van der Waals surface area contributed by atoms with E-state index >= 15 is 0 Å². The Labute approximate surface area is 128 Å². The van der Waals surface area contributed by atoms with Crippen LogP contribution in [0.15, 0.2) is 53.0 Å². The van der Waals surface area contributed by atoms with Crippen molar-refractivity contribution in [2.45, 2.75) is 18.8 Å². The van der Waals surface area contributed by atoms with Crippen LogP contribution < -0.4 is 10.5 Å². The minimum Gasteiger partial charge on any atom is -0.406 e. The van der Waals surface area contributed by atoms with Gasteiger partial charge in [0.1, 0.15) is 5.75 Å². The standard InChI is InChI=1S/C15H13BrF3NO/c16-12-6-4-10(5-7-12)8-14(20)11-2-1-3-13(9-11)21-15(17,18)19/h1-7,9,14H,8,20H2. The molecule has 6 heteroatoms. The van der Waals surface area contributed by atoms with Gasteiger partial charge in [0.2, 0.25) is 0 Å². The van der Waals surface area contributed by atoms with Crippen molar-refractivity contribution < 1.29 is 17.9 Å². The van der Waals surface area contributed by atoms with E-state index in [4.69, 9.17) is 5.73 Å². The largest absolute Gasteiger partial charge is 0.573 e. The number of halogens is 4. The summed E-state index contributed by atoms with van der Waals surface area (Å²) >= 11 is 3.34. The van der Waals surface area contributed by atoms with E-state index < -0.39 is 12.4 Å². The summed E-state index contributed by atoms with van der Waals surface area (Å²) in [5.74, 6) is -0.258. The predicted molar refractivity (Wildman–Crippen MR) is 77.9 cm³/mol. The van der Waals surface area contributed by atoms with E-state index in [1.54, 1.807) is 6.07 Å². The molecule has 2 N–H and O–H groups in total. The molecule has 1 atom stereocenters. The molecular weight excluding hydrogens is 347 g/mol. The third-order valence-corrected chi connectivity index (χ3v) is 3.42. The molecule has 0 aromatic heterocycles. The third-order valence-electron chi connectivity index (χ3n) is 2.89. The first-order chi connectivity index (χ1) is 9.83. The van der Waals surface area contributed by atoms with Crippen LogP contribution in [0.25, 0.3) is 0 Å². The topological polar surface area (TPSA) is 35.2 Å². The highest BCUT2D eigenvalue weighted by Crippen LogP contribution is 2.26. The van der Waals surface area contributed by atoms with Crippen molar-refractivity contribution in [3.63, 3.8) is 0 Å². The van der Waals surface area contributed by atoms with Crippen LogP contribution in [-0.2, 0) is 6.42 Å². The predicted octanol–water partition coefficient (Wildman–Crippen LogP) is 4.59. The Hall–Kier alpha value is -1.53. The van der Waals surface area contributed by atoms with Crippen LogP contribution in [0, 0.1) is 0 Å². The monoisotopic (exact) mass is 359 g/mol. The second-order valence-electron chi connectivity index (χ2n) is 4.56. The molecule has 0 radical (unpaired) electrons. The first kappa shape index (κ1) is 15.9. The minimum atomic E-state index is -4.70. The van der Waals surface area contributed by atoms with E-state index in [2.05, 4.69) is 20.7 Å². The molecule has 0 aliphatic heterocycles. The van der Waals surface area contributed by atoms with Crippen LogP contribution >= 0.6 is 15.9 Å². The SMILES string of the molecule is NC(Cc1ccc(Br)cc1)c1cccc(OC(F)(F)F)c1. The van der Waals surface area contributed by atoms with Crippen molar-refractivity contribution in [2.24, 2.45) is 5.73 Å². The Kier molecular flexibility index (Phi) is 4.90. The van der Waals surface area contributed by atoms with Crippen molar-refractivity contribution in [3.05, 3.63) is 64.1 Å². The molecule has 0 spiro atoms. The minimum absolute atomic E-state index is 0.258. The number of benzene rings is 2. The maximum absolute atomic E-state index is 12.2. The molecule has 2 rings (SSSR count). The molecule has 1 unspecified atom stereocenters. The third kappa shape index (κ3) is 5.06. The van der Waals surface area contributed by atoms with Crippen molar-refractivity contribution >= 4 is 15.9 Å². The van der Waals surface area contributed by atoms with Gasteiger partial charge in [-0.3, -0.25) is 0 Å². The average molecular weight is 360 g/mol. The van der Waals surface area contributed by atoms with Crippen LogP contribution in [-0.4, -0.2) is 6.36 Å². The fourth-order valence-electron chi connectivity index (χ4n) is 1.93. The normalized spacial score (nSPS) is 13.0. The molecule has 2 nitrogen and oxygen atoms in total. The maximum atomic E-state index is 12.2. The Morgan fingerprint density at radius 1 is 1.10 bits per heavy atom. The first-order valence-electron chi connectivity index (χ1n) is 6.19.